The van der Waals surface area contributed by atoms with Gasteiger partial charge in [0.15, 0.2) is 15.0 Å². The summed E-state index contributed by atoms with van der Waals surface area (Å²) in [5.74, 6) is 0.0985. The van der Waals surface area contributed by atoms with Crippen LogP contribution in [0, 0.1) is 19.8 Å². The maximum Gasteiger partial charge on any atom is 0.251 e. The van der Waals surface area contributed by atoms with E-state index in [1.165, 1.54) is 11.8 Å². The number of aryl methyl sites for hydroxylation is 1. The molecule has 26 heavy (non-hydrogen) atoms. The number of sulfone groups is 1. The molecule has 0 bridgehead atoms. The highest BCUT2D eigenvalue weighted by Gasteiger charge is 2.49. The number of hydrogen-bond donors (Lipinski definition) is 0. The SMILES string of the molecule is CCC(CC)C(=O)N=C1S[C@H]2CS(=O)(=O)C[C@@H]2N1c1cccc(C)c1C. The van der Waals surface area contributed by atoms with Crippen molar-refractivity contribution in [2.24, 2.45) is 10.9 Å². The van der Waals surface area contributed by atoms with E-state index in [-0.39, 0.29) is 34.6 Å². The van der Waals surface area contributed by atoms with E-state index in [1.807, 2.05) is 50.8 Å². The Balaban J connectivity index is 2.04. The standard InChI is InChI=1S/C19H26N2O3S2/c1-5-14(6-2)18(22)20-19-21(15-9-7-8-12(3)13(15)4)16-10-26(23,24)11-17(16)25-19/h7-9,14,16-17H,5-6,10-11H2,1-4H3/t16-,17-/m0/s1. The molecule has 1 aromatic rings. The number of amides is 1. The van der Waals surface area contributed by atoms with E-state index >= 15 is 0 Å². The van der Waals surface area contributed by atoms with Crippen LogP contribution in [-0.4, -0.2) is 42.3 Å². The first-order valence-electron chi connectivity index (χ1n) is 9.12. The summed E-state index contributed by atoms with van der Waals surface area (Å²) in [6.07, 6.45) is 1.53. The summed E-state index contributed by atoms with van der Waals surface area (Å²) in [5.41, 5.74) is 3.20. The van der Waals surface area contributed by atoms with Crippen LogP contribution in [0.4, 0.5) is 5.69 Å². The Labute approximate surface area is 160 Å². The molecule has 2 aliphatic rings. The van der Waals surface area contributed by atoms with E-state index in [9.17, 15) is 13.2 Å². The Morgan fingerprint density at radius 3 is 2.62 bits per heavy atom. The van der Waals surface area contributed by atoms with Gasteiger partial charge in [-0.25, -0.2) is 8.42 Å². The largest absolute Gasteiger partial charge is 0.315 e. The Kier molecular flexibility index (Phi) is 5.49. The van der Waals surface area contributed by atoms with Crippen LogP contribution in [0.2, 0.25) is 0 Å². The van der Waals surface area contributed by atoms with Crippen molar-refractivity contribution in [3.63, 3.8) is 0 Å². The zero-order valence-corrected chi connectivity index (χ0v) is 17.4. The molecular weight excluding hydrogens is 368 g/mol. The highest BCUT2D eigenvalue weighted by molar-refractivity contribution is 8.16. The van der Waals surface area contributed by atoms with Crippen LogP contribution in [0.1, 0.15) is 37.8 Å². The van der Waals surface area contributed by atoms with Crippen LogP contribution in [0.25, 0.3) is 0 Å². The molecule has 0 spiro atoms. The van der Waals surface area contributed by atoms with E-state index in [0.29, 0.717) is 5.17 Å². The minimum Gasteiger partial charge on any atom is -0.315 e. The molecule has 0 aliphatic carbocycles. The molecule has 2 saturated heterocycles. The fourth-order valence-electron chi connectivity index (χ4n) is 3.67. The number of anilines is 1. The molecule has 0 radical (unpaired) electrons. The molecule has 0 N–H and O–H groups in total. The summed E-state index contributed by atoms with van der Waals surface area (Å²) in [6.45, 7) is 8.07. The number of thioether (sulfide) groups is 1. The molecule has 1 aromatic carbocycles. The van der Waals surface area contributed by atoms with Crippen LogP contribution in [0.15, 0.2) is 23.2 Å². The third-order valence-corrected chi connectivity index (χ3v) is 8.65. The molecule has 3 rings (SSSR count). The first-order chi connectivity index (χ1) is 12.3. The zero-order valence-electron chi connectivity index (χ0n) is 15.7. The summed E-state index contributed by atoms with van der Waals surface area (Å²) in [7, 11) is -3.05. The van der Waals surface area contributed by atoms with Crippen molar-refractivity contribution in [3.8, 4) is 0 Å². The van der Waals surface area contributed by atoms with Crippen LogP contribution >= 0.6 is 11.8 Å². The molecule has 0 unspecified atom stereocenters. The lowest BCUT2D eigenvalue weighted by Gasteiger charge is -2.27. The molecule has 2 fully saturated rings. The first kappa shape index (κ1) is 19.4. The van der Waals surface area contributed by atoms with Crippen LogP contribution < -0.4 is 4.90 Å². The maximum atomic E-state index is 12.6. The van der Waals surface area contributed by atoms with Gasteiger partial charge in [-0.05, 0) is 43.9 Å². The Morgan fingerprint density at radius 1 is 1.27 bits per heavy atom. The summed E-state index contributed by atoms with van der Waals surface area (Å²) in [6, 6.07) is 5.85. The van der Waals surface area contributed by atoms with Gasteiger partial charge < -0.3 is 4.90 Å². The van der Waals surface area contributed by atoms with Crippen molar-refractivity contribution in [1.82, 2.24) is 0 Å². The number of amidine groups is 1. The fourth-order valence-corrected chi connectivity index (χ4v) is 7.58. The van der Waals surface area contributed by atoms with Crippen molar-refractivity contribution in [2.45, 2.75) is 51.8 Å². The topological polar surface area (TPSA) is 66.8 Å². The quantitative estimate of drug-likeness (QED) is 0.783. The number of benzene rings is 1. The number of rotatable bonds is 4. The van der Waals surface area contributed by atoms with Gasteiger partial charge in [0.1, 0.15) is 0 Å². The van der Waals surface area contributed by atoms with Crippen molar-refractivity contribution in [2.75, 3.05) is 16.4 Å². The number of fused-ring (bicyclic) bond motifs is 1. The second kappa shape index (κ2) is 7.35. The van der Waals surface area contributed by atoms with Gasteiger partial charge in [-0.1, -0.05) is 37.7 Å². The Bertz CT molecular complexity index is 844. The third-order valence-electron chi connectivity index (χ3n) is 5.44. The second-order valence-electron chi connectivity index (χ2n) is 7.14. The lowest BCUT2D eigenvalue weighted by Crippen LogP contribution is -2.38. The number of hydrogen-bond acceptors (Lipinski definition) is 4. The summed E-state index contributed by atoms with van der Waals surface area (Å²) in [4.78, 5) is 19.0. The van der Waals surface area contributed by atoms with Crippen molar-refractivity contribution < 1.29 is 13.2 Å². The van der Waals surface area contributed by atoms with Gasteiger partial charge in [0.25, 0.3) is 5.91 Å². The van der Waals surface area contributed by atoms with Gasteiger partial charge in [-0.2, -0.15) is 4.99 Å². The molecule has 0 saturated carbocycles. The molecule has 1 amide bonds. The monoisotopic (exact) mass is 394 g/mol. The van der Waals surface area contributed by atoms with E-state index in [0.717, 1.165) is 29.7 Å². The van der Waals surface area contributed by atoms with Gasteiger partial charge in [0.05, 0.1) is 17.5 Å². The number of carbonyl (C=O) groups excluding carboxylic acids is 1. The second-order valence-corrected chi connectivity index (χ2v) is 10.5. The summed E-state index contributed by atoms with van der Waals surface area (Å²) in [5, 5.41) is 0.591. The van der Waals surface area contributed by atoms with E-state index in [2.05, 4.69) is 4.99 Å². The maximum absolute atomic E-state index is 12.6. The molecule has 142 valence electrons. The summed E-state index contributed by atoms with van der Waals surface area (Å²) < 4.78 is 24.3. The van der Waals surface area contributed by atoms with Crippen LogP contribution in [0.3, 0.4) is 0 Å². The number of carbonyl (C=O) groups is 1. The molecule has 5 nitrogen and oxygen atoms in total. The molecule has 2 atom stereocenters. The van der Waals surface area contributed by atoms with Gasteiger partial charge in [-0.3, -0.25) is 4.79 Å². The van der Waals surface area contributed by atoms with E-state index in [1.54, 1.807) is 0 Å². The smallest absolute Gasteiger partial charge is 0.251 e. The minimum absolute atomic E-state index is 0.0619. The first-order valence-corrected chi connectivity index (χ1v) is 11.8. The Hall–Kier alpha value is -1.34. The van der Waals surface area contributed by atoms with Crippen molar-refractivity contribution in [1.29, 1.82) is 0 Å². The molecule has 2 heterocycles. The Morgan fingerprint density at radius 2 is 1.96 bits per heavy atom. The lowest BCUT2D eigenvalue weighted by atomic mass is 10.0. The van der Waals surface area contributed by atoms with Gasteiger partial charge in [0, 0.05) is 16.9 Å². The number of aliphatic imine (C=N–C) groups is 1. The van der Waals surface area contributed by atoms with Crippen LogP contribution in [-0.2, 0) is 14.6 Å². The molecular formula is C19H26N2O3S2. The average molecular weight is 395 g/mol. The molecule has 2 aliphatic heterocycles. The third kappa shape index (κ3) is 3.56. The predicted octanol–water partition coefficient (Wildman–Crippen LogP) is 3.34. The molecule has 0 aromatic heterocycles. The lowest BCUT2D eigenvalue weighted by molar-refractivity contribution is -0.121. The van der Waals surface area contributed by atoms with Gasteiger partial charge in [0.2, 0.25) is 0 Å². The van der Waals surface area contributed by atoms with E-state index in [4.69, 9.17) is 0 Å². The number of nitrogens with zero attached hydrogens (tertiary/aromatic N) is 2. The highest BCUT2D eigenvalue weighted by atomic mass is 32.2. The van der Waals surface area contributed by atoms with Crippen molar-refractivity contribution in [3.05, 3.63) is 29.3 Å². The van der Waals surface area contributed by atoms with Crippen molar-refractivity contribution >= 4 is 38.4 Å². The highest BCUT2D eigenvalue weighted by Crippen LogP contribution is 2.42. The van der Waals surface area contributed by atoms with Crippen LogP contribution in [0.5, 0.6) is 0 Å². The van der Waals surface area contributed by atoms with Gasteiger partial charge in [-0.15, -0.1) is 0 Å². The fraction of sp³-hybridized carbons (Fsp3) is 0.579. The predicted molar refractivity (Wildman–Crippen MR) is 109 cm³/mol. The molecule has 7 heteroatoms. The minimum atomic E-state index is -3.05. The summed E-state index contributed by atoms with van der Waals surface area (Å²) >= 11 is 1.44. The normalized spacial score (nSPS) is 25.9. The average Bonchev–Trinajstić information content (AvgIpc) is 3.02. The van der Waals surface area contributed by atoms with Gasteiger partial charge >= 0.3 is 0 Å². The zero-order chi connectivity index (χ0) is 19.1. The van der Waals surface area contributed by atoms with E-state index < -0.39 is 9.84 Å².